The van der Waals surface area contributed by atoms with E-state index in [0.29, 0.717) is 22.5 Å². The molecule has 0 aliphatic rings. The van der Waals surface area contributed by atoms with Crippen LogP contribution in [0.25, 0.3) is 5.52 Å². The fourth-order valence-corrected chi connectivity index (χ4v) is 2.02. The van der Waals surface area contributed by atoms with E-state index in [4.69, 9.17) is 9.47 Å². The highest BCUT2D eigenvalue weighted by Crippen LogP contribution is 2.20. The molecule has 0 unspecified atom stereocenters. The van der Waals surface area contributed by atoms with Crippen molar-refractivity contribution in [3.05, 3.63) is 29.6 Å². The lowest BCUT2D eigenvalue weighted by Crippen LogP contribution is -2.27. The summed E-state index contributed by atoms with van der Waals surface area (Å²) in [6, 6.07) is 3.32. The second-order valence-electron chi connectivity index (χ2n) is 5.82. The highest BCUT2D eigenvalue weighted by atomic mass is 16.6. The Balaban J connectivity index is 2.34. The number of amides is 1. The topological polar surface area (TPSA) is 81.9 Å². The van der Waals surface area contributed by atoms with E-state index in [1.807, 2.05) is 0 Å². The van der Waals surface area contributed by atoms with Crippen molar-refractivity contribution in [3.63, 3.8) is 0 Å². The minimum Gasteiger partial charge on any atom is -0.465 e. The molecular formula is C15H19N3O4. The molecular weight excluding hydrogens is 286 g/mol. The Morgan fingerprint density at radius 2 is 2.00 bits per heavy atom. The molecule has 0 spiro atoms. The number of ether oxygens (including phenoxy) is 2. The summed E-state index contributed by atoms with van der Waals surface area (Å²) >= 11 is 0. The fourth-order valence-electron chi connectivity index (χ4n) is 2.02. The molecule has 0 bridgehead atoms. The van der Waals surface area contributed by atoms with Crippen molar-refractivity contribution in [2.24, 2.45) is 0 Å². The lowest BCUT2D eigenvalue weighted by atomic mass is 10.2. The first kappa shape index (κ1) is 15.8. The van der Waals surface area contributed by atoms with Crippen molar-refractivity contribution >= 4 is 23.3 Å². The van der Waals surface area contributed by atoms with Gasteiger partial charge in [0.05, 0.1) is 18.3 Å². The smallest absolute Gasteiger partial charge is 0.412 e. The van der Waals surface area contributed by atoms with Crippen molar-refractivity contribution in [2.45, 2.75) is 33.3 Å². The Morgan fingerprint density at radius 1 is 1.32 bits per heavy atom. The zero-order valence-corrected chi connectivity index (χ0v) is 13.3. The van der Waals surface area contributed by atoms with Gasteiger partial charge in [-0.3, -0.25) is 5.32 Å². The summed E-state index contributed by atoms with van der Waals surface area (Å²) in [6.07, 6.45) is 1.09. The molecule has 7 heteroatoms. The molecule has 1 N–H and O–H groups in total. The normalized spacial score (nSPS) is 11.3. The minimum absolute atomic E-state index is 0.371. The van der Waals surface area contributed by atoms with Gasteiger partial charge >= 0.3 is 12.1 Å². The van der Waals surface area contributed by atoms with E-state index in [2.05, 4.69) is 10.4 Å². The van der Waals surface area contributed by atoms with E-state index in [0.717, 1.165) is 0 Å². The standard InChI is InChI=1S/C15H19N3O4/c1-9-12(13(19)21-5)11-8-10(6-7-18(11)17-9)16-14(20)22-15(2,3)4/h6-8H,1-5H3,(H,16,20). The number of pyridine rings is 1. The van der Waals surface area contributed by atoms with E-state index < -0.39 is 17.7 Å². The monoisotopic (exact) mass is 305 g/mol. The van der Waals surface area contributed by atoms with Gasteiger partial charge in [0.25, 0.3) is 0 Å². The van der Waals surface area contributed by atoms with E-state index >= 15 is 0 Å². The Morgan fingerprint density at radius 3 is 2.59 bits per heavy atom. The van der Waals surface area contributed by atoms with E-state index in [-0.39, 0.29) is 0 Å². The van der Waals surface area contributed by atoms with Gasteiger partial charge < -0.3 is 9.47 Å². The molecule has 7 nitrogen and oxygen atoms in total. The van der Waals surface area contributed by atoms with Crippen LogP contribution in [-0.2, 0) is 9.47 Å². The van der Waals surface area contributed by atoms with Gasteiger partial charge in [-0.05, 0) is 39.8 Å². The van der Waals surface area contributed by atoms with Gasteiger partial charge in [0.2, 0.25) is 0 Å². The number of anilines is 1. The molecule has 0 aliphatic carbocycles. The fraction of sp³-hybridized carbons (Fsp3) is 0.400. The van der Waals surface area contributed by atoms with Crippen LogP contribution in [-0.4, -0.2) is 34.4 Å². The van der Waals surface area contributed by atoms with Crippen molar-refractivity contribution in [3.8, 4) is 0 Å². The molecule has 0 aromatic carbocycles. The van der Waals surface area contributed by atoms with E-state index in [1.54, 1.807) is 50.5 Å². The average Bonchev–Trinajstić information content (AvgIpc) is 2.71. The number of hydrogen-bond donors (Lipinski definition) is 1. The molecule has 0 saturated carbocycles. The molecule has 0 fully saturated rings. The number of aryl methyl sites for hydroxylation is 1. The molecule has 2 aromatic heterocycles. The zero-order valence-electron chi connectivity index (χ0n) is 13.3. The van der Waals surface area contributed by atoms with Crippen LogP contribution in [0.15, 0.2) is 18.3 Å². The largest absolute Gasteiger partial charge is 0.465 e. The summed E-state index contributed by atoms with van der Waals surface area (Å²) in [4.78, 5) is 23.6. The SMILES string of the molecule is COC(=O)c1c(C)nn2ccc(NC(=O)OC(C)(C)C)cc12. The van der Waals surface area contributed by atoms with Crippen LogP contribution in [0.1, 0.15) is 36.8 Å². The number of carbonyl (C=O) groups is 2. The molecule has 0 radical (unpaired) electrons. The van der Waals surface area contributed by atoms with Crippen LogP contribution in [0.5, 0.6) is 0 Å². The van der Waals surface area contributed by atoms with Crippen LogP contribution in [0.4, 0.5) is 10.5 Å². The van der Waals surface area contributed by atoms with Gasteiger partial charge in [0.1, 0.15) is 11.2 Å². The molecule has 0 aliphatic heterocycles. The van der Waals surface area contributed by atoms with Gasteiger partial charge in [0.15, 0.2) is 0 Å². The van der Waals surface area contributed by atoms with Crippen molar-refractivity contribution in [1.82, 2.24) is 9.61 Å². The number of nitrogens with zero attached hydrogens (tertiary/aromatic N) is 2. The highest BCUT2D eigenvalue weighted by Gasteiger charge is 2.19. The Kier molecular flexibility index (Phi) is 4.07. The molecule has 2 heterocycles. The summed E-state index contributed by atoms with van der Waals surface area (Å²) in [5.41, 5.74) is 1.40. The molecule has 1 amide bonds. The third kappa shape index (κ3) is 3.36. The first-order chi connectivity index (χ1) is 10.2. The lowest BCUT2D eigenvalue weighted by molar-refractivity contribution is 0.0599. The predicted molar refractivity (Wildman–Crippen MR) is 81.1 cm³/mol. The molecule has 0 saturated heterocycles. The second kappa shape index (κ2) is 5.67. The van der Waals surface area contributed by atoms with Gasteiger partial charge in [0, 0.05) is 11.9 Å². The summed E-state index contributed by atoms with van der Waals surface area (Å²) in [6.45, 7) is 7.07. The van der Waals surface area contributed by atoms with Gasteiger partial charge in [-0.25, -0.2) is 14.1 Å². The third-order valence-corrected chi connectivity index (χ3v) is 2.84. The lowest BCUT2D eigenvalue weighted by Gasteiger charge is -2.19. The van der Waals surface area contributed by atoms with Gasteiger partial charge in [-0.2, -0.15) is 5.10 Å². The molecule has 22 heavy (non-hydrogen) atoms. The summed E-state index contributed by atoms with van der Waals surface area (Å²) in [5, 5.41) is 6.86. The summed E-state index contributed by atoms with van der Waals surface area (Å²) < 4.78 is 11.5. The Hall–Kier alpha value is -2.57. The van der Waals surface area contributed by atoms with Crippen LogP contribution in [0.2, 0.25) is 0 Å². The van der Waals surface area contributed by atoms with E-state index in [1.165, 1.54) is 7.11 Å². The second-order valence-corrected chi connectivity index (χ2v) is 5.82. The number of esters is 1. The molecule has 2 aromatic rings. The highest BCUT2D eigenvalue weighted by molar-refractivity contribution is 5.99. The number of nitrogens with one attached hydrogen (secondary N) is 1. The maximum Gasteiger partial charge on any atom is 0.412 e. The molecule has 118 valence electrons. The number of rotatable bonds is 2. The average molecular weight is 305 g/mol. The number of methoxy groups -OCH3 is 1. The number of carbonyl (C=O) groups excluding carboxylic acids is 2. The van der Waals surface area contributed by atoms with Crippen molar-refractivity contribution < 1.29 is 19.1 Å². The Bertz CT molecular complexity index is 728. The first-order valence-corrected chi connectivity index (χ1v) is 6.78. The van der Waals surface area contributed by atoms with Crippen LogP contribution >= 0.6 is 0 Å². The molecule has 0 atom stereocenters. The van der Waals surface area contributed by atoms with Gasteiger partial charge in [-0.15, -0.1) is 0 Å². The maximum atomic E-state index is 11.8. The quantitative estimate of drug-likeness (QED) is 0.863. The predicted octanol–water partition coefficient (Wildman–Crippen LogP) is 2.78. The van der Waals surface area contributed by atoms with Crippen molar-refractivity contribution in [2.75, 3.05) is 12.4 Å². The van der Waals surface area contributed by atoms with Crippen LogP contribution < -0.4 is 5.32 Å². The first-order valence-electron chi connectivity index (χ1n) is 6.78. The third-order valence-electron chi connectivity index (χ3n) is 2.84. The summed E-state index contributed by atoms with van der Waals surface area (Å²) in [5.74, 6) is -0.470. The number of aromatic nitrogens is 2. The van der Waals surface area contributed by atoms with Gasteiger partial charge in [-0.1, -0.05) is 0 Å². The van der Waals surface area contributed by atoms with Crippen molar-refractivity contribution in [1.29, 1.82) is 0 Å². The summed E-state index contributed by atoms with van der Waals surface area (Å²) in [7, 11) is 1.31. The zero-order chi connectivity index (χ0) is 16.5. The Labute approximate surface area is 128 Å². The van der Waals surface area contributed by atoms with Crippen LogP contribution in [0, 0.1) is 6.92 Å². The minimum atomic E-state index is -0.585. The number of hydrogen-bond acceptors (Lipinski definition) is 5. The maximum absolute atomic E-state index is 11.8. The van der Waals surface area contributed by atoms with E-state index in [9.17, 15) is 9.59 Å². The molecule has 2 rings (SSSR count). The van der Waals surface area contributed by atoms with Crippen LogP contribution in [0.3, 0.4) is 0 Å². The number of fused-ring (bicyclic) bond motifs is 1.